The van der Waals surface area contributed by atoms with Crippen molar-refractivity contribution in [2.75, 3.05) is 13.6 Å². The Morgan fingerprint density at radius 1 is 0.960 bits per heavy atom. The number of nitrogens with zero attached hydrogens (tertiary/aromatic N) is 2. The van der Waals surface area contributed by atoms with Gasteiger partial charge in [0, 0.05) is 24.2 Å². The summed E-state index contributed by atoms with van der Waals surface area (Å²) >= 11 is 0. The average Bonchev–Trinajstić information content (AvgIpc) is 3.16. The fourth-order valence-corrected chi connectivity index (χ4v) is 5.55. The van der Waals surface area contributed by atoms with E-state index in [2.05, 4.69) is 0 Å². The lowest BCUT2D eigenvalue weighted by atomic mass is 9.76. The third-order valence-electron chi connectivity index (χ3n) is 6.55. The first-order valence-corrected chi connectivity index (χ1v) is 8.78. The van der Waals surface area contributed by atoms with Crippen molar-refractivity contribution in [3.05, 3.63) is 35.4 Å². The van der Waals surface area contributed by atoms with E-state index in [-0.39, 0.29) is 29.4 Å². The number of fused-ring (bicyclic) bond motifs is 6. The Labute approximate surface area is 144 Å². The van der Waals surface area contributed by atoms with Crippen LogP contribution in [0.25, 0.3) is 0 Å². The zero-order valence-corrected chi connectivity index (χ0v) is 13.9. The van der Waals surface area contributed by atoms with Crippen LogP contribution in [-0.4, -0.2) is 58.4 Å². The SMILES string of the molecule is CN1C(=O)[C@H]2[C@@H]3CCCCN3C3(C(=O)c4ccccc4C3=O)[C@H]2C1=O. The van der Waals surface area contributed by atoms with E-state index < -0.39 is 17.4 Å². The number of benzene rings is 1. The number of ketones is 2. The number of carbonyl (C=O) groups is 4. The zero-order valence-electron chi connectivity index (χ0n) is 13.9. The largest absolute Gasteiger partial charge is 0.291 e. The number of piperidine rings is 1. The number of Topliss-reactive ketones (excluding diaryl/α,β-unsaturated/α-hetero) is 2. The molecular formula is C19H18N2O4. The first-order valence-electron chi connectivity index (χ1n) is 8.78. The maximum absolute atomic E-state index is 13.4. The van der Waals surface area contributed by atoms with Crippen molar-refractivity contribution in [2.24, 2.45) is 11.8 Å². The van der Waals surface area contributed by atoms with E-state index in [9.17, 15) is 19.2 Å². The van der Waals surface area contributed by atoms with Crippen LogP contribution in [0.1, 0.15) is 40.0 Å². The van der Waals surface area contributed by atoms with Gasteiger partial charge in [0.05, 0.1) is 11.8 Å². The minimum Gasteiger partial charge on any atom is -0.291 e. The topological polar surface area (TPSA) is 74.8 Å². The first-order chi connectivity index (χ1) is 12.0. The van der Waals surface area contributed by atoms with E-state index in [0.717, 1.165) is 24.2 Å². The van der Waals surface area contributed by atoms with E-state index in [1.54, 1.807) is 24.3 Å². The van der Waals surface area contributed by atoms with Crippen LogP contribution in [0.2, 0.25) is 0 Å². The fraction of sp³-hybridized carbons (Fsp3) is 0.474. The Morgan fingerprint density at radius 3 is 2.24 bits per heavy atom. The number of hydrogen-bond donors (Lipinski definition) is 0. The second-order valence-electron chi connectivity index (χ2n) is 7.47. The molecule has 3 saturated heterocycles. The lowest BCUT2D eigenvalue weighted by molar-refractivity contribution is -0.140. The highest BCUT2D eigenvalue weighted by Gasteiger charge is 2.75. The second-order valence-corrected chi connectivity index (χ2v) is 7.47. The molecule has 6 nitrogen and oxygen atoms in total. The average molecular weight is 338 g/mol. The van der Waals surface area contributed by atoms with E-state index >= 15 is 0 Å². The molecule has 0 bridgehead atoms. The van der Waals surface area contributed by atoms with E-state index in [1.165, 1.54) is 7.05 Å². The molecule has 3 aliphatic heterocycles. The monoisotopic (exact) mass is 338 g/mol. The maximum atomic E-state index is 13.4. The summed E-state index contributed by atoms with van der Waals surface area (Å²) in [5.41, 5.74) is -0.753. The van der Waals surface area contributed by atoms with Crippen LogP contribution < -0.4 is 0 Å². The molecule has 1 aromatic carbocycles. The molecule has 0 saturated carbocycles. The smallest absolute Gasteiger partial charge is 0.235 e. The highest BCUT2D eigenvalue weighted by molar-refractivity contribution is 6.35. The molecule has 0 unspecified atom stereocenters. The van der Waals surface area contributed by atoms with Crippen molar-refractivity contribution in [1.29, 1.82) is 0 Å². The fourth-order valence-electron chi connectivity index (χ4n) is 5.55. The summed E-state index contributed by atoms with van der Waals surface area (Å²) in [6.07, 6.45) is 2.56. The zero-order chi connectivity index (χ0) is 17.5. The maximum Gasteiger partial charge on any atom is 0.235 e. The lowest BCUT2D eigenvalue weighted by Gasteiger charge is -2.40. The molecule has 1 aliphatic carbocycles. The van der Waals surface area contributed by atoms with E-state index in [4.69, 9.17) is 0 Å². The second kappa shape index (κ2) is 4.64. The van der Waals surface area contributed by atoms with Crippen LogP contribution in [0, 0.1) is 11.8 Å². The van der Waals surface area contributed by atoms with E-state index in [0.29, 0.717) is 17.7 Å². The molecule has 1 spiro atoms. The predicted octanol–water partition coefficient (Wildman–Crippen LogP) is 0.903. The highest BCUT2D eigenvalue weighted by Crippen LogP contribution is 2.55. The summed E-state index contributed by atoms with van der Waals surface area (Å²) in [5, 5.41) is 0. The molecule has 0 aromatic heterocycles. The number of amides is 2. The van der Waals surface area contributed by atoms with Gasteiger partial charge in [-0.3, -0.25) is 29.0 Å². The van der Waals surface area contributed by atoms with Crippen molar-refractivity contribution in [1.82, 2.24) is 9.80 Å². The summed E-state index contributed by atoms with van der Waals surface area (Å²) in [6, 6.07) is 6.57. The van der Waals surface area contributed by atoms with Gasteiger partial charge in [0.15, 0.2) is 17.1 Å². The summed E-state index contributed by atoms with van der Waals surface area (Å²) in [7, 11) is 1.46. The summed E-state index contributed by atoms with van der Waals surface area (Å²) in [4.78, 5) is 55.6. The molecule has 2 amide bonds. The number of carbonyl (C=O) groups excluding carboxylic acids is 4. The van der Waals surface area contributed by atoms with Gasteiger partial charge in [0.2, 0.25) is 11.8 Å². The van der Waals surface area contributed by atoms with Gasteiger partial charge in [0.1, 0.15) is 0 Å². The first kappa shape index (κ1) is 15.0. The van der Waals surface area contributed by atoms with Crippen LogP contribution in [0.5, 0.6) is 0 Å². The molecule has 1 aromatic rings. The Balaban J connectivity index is 1.78. The predicted molar refractivity (Wildman–Crippen MR) is 86.9 cm³/mol. The minimum absolute atomic E-state index is 0.206. The minimum atomic E-state index is -1.52. The van der Waals surface area contributed by atoms with Crippen molar-refractivity contribution in [3.63, 3.8) is 0 Å². The molecular weight excluding hydrogens is 320 g/mol. The normalized spacial score (nSPS) is 33.2. The quantitative estimate of drug-likeness (QED) is 0.519. The van der Waals surface area contributed by atoms with Gasteiger partial charge in [-0.05, 0) is 19.4 Å². The van der Waals surface area contributed by atoms with Crippen LogP contribution >= 0.6 is 0 Å². The number of hydrogen-bond acceptors (Lipinski definition) is 5. The summed E-state index contributed by atoms with van der Waals surface area (Å²) in [5.74, 6) is -2.72. The third-order valence-corrected chi connectivity index (χ3v) is 6.55. The number of imide groups is 1. The van der Waals surface area contributed by atoms with Gasteiger partial charge in [-0.25, -0.2) is 0 Å². The van der Waals surface area contributed by atoms with Gasteiger partial charge < -0.3 is 0 Å². The summed E-state index contributed by atoms with van der Waals surface area (Å²) in [6.45, 7) is 0.577. The van der Waals surface area contributed by atoms with E-state index in [1.807, 2.05) is 4.90 Å². The Kier molecular flexibility index (Phi) is 2.77. The van der Waals surface area contributed by atoms with Gasteiger partial charge in [-0.15, -0.1) is 0 Å². The molecule has 0 N–H and O–H groups in total. The van der Waals surface area contributed by atoms with Crippen molar-refractivity contribution in [2.45, 2.75) is 30.8 Å². The molecule has 3 atom stereocenters. The molecule has 3 heterocycles. The van der Waals surface area contributed by atoms with Crippen LogP contribution in [0.3, 0.4) is 0 Å². The molecule has 0 radical (unpaired) electrons. The van der Waals surface area contributed by atoms with Gasteiger partial charge in [-0.2, -0.15) is 0 Å². The Bertz CT molecular complexity index is 826. The highest BCUT2D eigenvalue weighted by atomic mass is 16.2. The van der Waals surface area contributed by atoms with Gasteiger partial charge in [0.25, 0.3) is 0 Å². The van der Waals surface area contributed by atoms with Gasteiger partial charge >= 0.3 is 0 Å². The molecule has 128 valence electrons. The van der Waals surface area contributed by atoms with Crippen molar-refractivity contribution < 1.29 is 19.2 Å². The van der Waals surface area contributed by atoms with Crippen LogP contribution in [-0.2, 0) is 9.59 Å². The molecule has 25 heavy (non-hydrogen) atoms. The lowest BCUT2D eigenvalue weighted by Crippen LogP contribution is -2.61. The summed E-state index contributed by atoms with van der Waals surface area (Å²) < 4.78 is 0. The van der Waals surface area contributed by atoms with Crippen LogP contribution in [0.15, 0.2) is 24.3 Å². The van der Waals surface area contributed by atoms with Crippen molar-refractivity contribution >= 4 is 23.4 Å². The number of rotatable bonds is 0. The Hall–Kier alpha value is -2.34. The molecule has 4 aliphatic rings. The van der Waals surface area contributed by atoms with Gasteiger partial charge in [-0.1, -0.05) is 30.7 Å². The van der Waals surface area contributed by atoms with Crippen molar-refractivity contribution in [3.8, 4) is 0 Å². The number of likely N-dealkylation sites (tertiary alicyclic amines) is 1. The van der Waals surface area contributed by atoms with Crippen LogP contribution in [0.4, 0.5) is 0 Å². The Morgan fingerprint density at radius 2 is 1.60 bits per heavy atom. The third kappa shape index (κ3) is 1.46. The molecule has 6 heteroatoms. The molecule has 5 rings (SSSR count). The molecule has 3 fully saturated rings. The standard InChI is InChI=1S/C19H18N2O4/c1-20-17(24)13-12-8-4-5-9-21(12)19(14(13)18(20)25)15(22)10-6-2-3-7-11(10)16(19)23/h2-3,6-7,12-14H,4-5,8-9H2,1H3/t12-,13-,14+/m0/s1.